The quantitative estimate of drug-likeness (QED) is 0.546. The molecule has 1 aliphatic heterocycles. The Balaban J connectivity index is 2.21. The molecule has 8 nitrogen and oxygen atoms in total. The summed E-state index contributed by atoms with van der Waals surface area (Å²) in [4.78, 5) is 40.1. The first-order valence-corrected chi connectivity index (χ1v) is 10.4. The molecule has 1 N–H and O–H groups in total. The van der Waals surface area contributed by atoms with Gasteiger partial charge in [0.25, 0.3) is 0 Å². The smallest absolute Gasteiger partial charge is 0.303 e. The van der Waals surface area contributed by atoms with E-state index in [9.17, 15) is 14.4 Å². The Morgan fingerprint density at radius 2 is 1.83 bits per heavy atom. The number of aromatic nitrogens is 1. The van der Waals surface area contributed by atoms with Crippen LogP contribution in [0.1, 0.15) is 58.1 Å². The second kappa shape index (κ2) is 9.21. The zero-order valence-corrected chi connectivity index (χ0v) is 18.8. The standard InChI is InChI=1S/C20H30N2O6S/c1-10-11(2)16(27-13(4)24)18(28-14(10)9-26-12(3)23)22-19-21-8-15(29-19)17(25)20(5,6)7/h8,10-11,14,16,18H,9H2,1-7H3,(H,21,22)/t10-,11-,14?,16?,18-/m0/s1. The molecule has 29 heavy (non-hydrogen) atoms. The van der Waals surface area contributed by atoms with Gasteiger partial charge in [0.1, 0.15) is 12.7 Å². The number of Topliss-reactive ketones (excluding diaryl/α,β-unsaturated/α-hetero) is 1. The van der Waals surface area contributed by atoms with Crippen LogP contribution >= 0.6 is 11.3 Å². The van der Waals surface area contributed by atoms with E-state index in [-0.39, 0.29) is 36.3 Å². The molecule has 0 saturated carbocycles. The summed E-state index contributed by atoms with van der Waals surface area (Å²) in [6, 6.07) is 0. The number of ether oxygens (including phenoxy) is 3. The molecule has 0 aliphatic carbocycles. The van der Waals surface area contributed by atoms with Crippen LogP contribution in [0.2, 0.25) is 0 Å². The van der Waals surface area contributed by atoms with Crippen molar-refractivity contribution < 1.29 is 28.6 Å². The molecule has 1 fully saturated rings. The fourth-order valence-electron chi connectivity index (χ4n) is 3.11. The summed E-state index contributed by atoms with van der Waals surface area (Å²) in [5.74, 6) is -0.859. The number of esters is 2. The van der Waals surface area contributed by atoms with Crippen molar-refractivity contribution in [2.75, 3.05) is 11.9 Å². The third kappa shape index (κ3) is 5.99. The first-order valence-electron chi connectivity index (χ1n) is 9.63. The van der Waals surface area contributed by atoms with Crippen molar-refractivity contribution in [3.63, 3.8) is 0 Å². The van der Waals surface area contributed by atoms with Crippen molar-refractivity contribution in [2.24, 2.45) is 17.3 Å². The van der Waals surface area contributed by atoms with Gasteiger partial charge in [-0.15, -0.1) is 0 Å². The average molecular weight is 427 g/mol. The van der Waals surface area contributed by atoms with Gasteiger partial charge in [-0.05, 0) is 5.92 Å². The minimum absolute atomic E-state index is 0.00104. The average Bonchev–Trinajstić information content (AvgIpc) is 3.06. The maximum atomic E-state index is 12.5. The van der Waals surface area contributed by atoms with Crippen molar-refractivity contribution in [1.29, 1.82) is 0 Å². The number of rotatable bonds is 6. The maximum absolute atomic E-state index is 12.5. The summed E-state index contributed by atoms with van der Waals surface area (Å²) < 4.78 is 16.7. The van der Waals surface area contributed by atoms with Crippen molar-refractivity contribution in [3.8, 4) is 0 Å². The van der Waals surface area contributed by atoms with E-state index < -0.39 is 23.7 Å². The second-order valence-corrected chi connectivity index (χ2v) is 9.47. The highest BCUT2D eigenvalue weighted by atomic mass is 32.1. The van der Waals surface area contributed by atoms with Gasteiger partial charge >= 0.3 is 11.9 Å². The van der Waals surface area contributed by atoms with E-state index in [4.69, 9.17) is 14.2 Å². The minimum atomic E-state index is -0.686. The number of hydrogen-bond acceptors (Lipinski definition) is 9. The van der Waals surface area contributed by atoms with E-state index in [1.54, 1.807) is 0 Å². The zero-order valence-electron chi connectivity index (χ0n) is 18.0. The Kier molecular flexibility index (Phi) is 7.40. The molecular weight excluding hydrogens is 396 g/mol. The van der Waals surface area contributed by atoms with E-state index in [0.717, 1.165) is 0 Å². The van der Waals surface area contributed by atoms with Crippen molar-refractivity contribution >= 4 is 34.2 Å². The van der Waals surface area contributed by atoms with E-state index in [2.05, 4.69) is 10.3 Å². The molecule has 1 aromatic rings. The highest BCUT2D eigenvalue weighted by Crippen LogP contribution is 2.35. The molecule has 0 spiro atoms. The lowest BCUT2D eigenvalue weighted by Gasteiger charge is -2.43. The van der Waals surface area contributed by atoms with E-state index in [0.29, 0.717) is 10.0 Å². The molecule has 5 atom stereocenters. The summed E-state index contributed by atoms with van der Waals surface area (Å²) in [5.41, 5.74) is -0.509. The van der Waals surface area contributed by atoms with Crippen molar-refractivity contribution in [3.05, 3.63) is 11.1 Å². The molecular formula is C20H30N2O6S. The van der Waals surface area contributed by atoms with Crippen LogP contribution in [0.25, 0.3) is 0 Å². The van der Waals surface area contributed by atoms with E-state index in [1.165, 1.54) is 31.4 Å². The highest BCUT2D eigenvalue weighted by Gasteiger charge is 2.44. The molecule has 162 valence electrons. The van der Waals surface area contributed by atoms with Gasteiger partial charge in [0.15, 0.2) is 17.1 Å². The number of hydrogen-bond donors (Lipinski definition) is 1. The largest absolute Gasteiger partial charge is 0.463 e. The number of nitrogens with zero attached hydrogens (tertiary/aromatic N) is 1. The molecule has 0 amide bonds. The first-order chi connectivity index (χ1) is 13.4. The normalized spacial score (nSPS) is 27.2. The summed E-state index contributed by atoms with van der Waals surface area (Å²) in [6.45, 7) is 12.3. The minimum Gasteiger partial charge on any atom is -0.463 e. The molecule has 2 heterocycles. The van der Waals surface area contributed by atoms with Gasteiger partial charge in [-0.1, -0.05) is 46.0 Å². The van der Waals surface area contributed by atoms with Gasteiger partial charge in [0, 0.05) is 25.2 Å². The van der Waals surface area contributed by atoms with Crippen LogP contribution in [0.3, 0.4) is 0 Å². The Morgan fingerprint density at radius 3 is 2.38 bits per heavy atom. The van der Waals surface area contributed by atoms with Crippen LogP contribution in [0.5, 0.6) is 0 Å². The fourth-order valence-corrected chi connectivity index (χ4v) is 4.10. The monoisotopic (exact) mass is 426 g/mol. The molecule has 2 unspecified atom stereocenters. The van der Waals surface area contributed by atoms with E-state index >= 15 is 0 Å². The van der Waals surface area contributed by atoms with Gasteiger partial charge in [-0.2, -0.15) is 0 Å². The number of anilines is 1. The third-order valence-corrected chi connectivity index (χ3v) is 5.91. The maximum Gasteiger partial charge on any atom is 0.303 e. The predicted molar refractivity (Wildman–Crippen MR) is 109 cm³/mol. The number of nitrogens with one attached hydrogen (secondary N) is 1. The zero-order chi connectivity index (χ0) is 21.9. The van der Waals surface area contributed by atoms with Gasteiger partial charge in [-0.25, -0.2) is 4.98 Å². The first kappa shape index (κ1) is 23.3. The number of ketones is 1. The molecule has 0 bridgehead atoms. The van der Waals surface area contributed by atoms with Crippen LogP contribution in [-0.2, 0) is 23.8 Å². The van der Waals surface area contributed by atoms with Crippen LogP contribution in [-0.4, -0.2) is 47.7 Å². The summed E-state index contributed by atoms with van der Waals surface area (Å²) in [5, 5.41) is 3.64. The number of thiazole rings is 1. The van der Waals surface area contributed by atoms with Crippen LogP contribution < -0.4 is 5.32 Å². The topological polar surface area (TPSA) is 104 Å². The van der Waals surface area contributed by atoms with Crippen LogP contribution in [0, 0.1) is 17.3 Å². The third-order valence-electron chi connectivity index (χ3n) is 4.98. The molecule has 0 radical (unpaired) electrons. The molecule has 2 rings (SSSR count). The summed E-state index contributed by atoms with van der Waals surface area (Å²) in [6.07, 6.45) is -0.0721. The predicted octanol–water partition coefficient (Wildman–Crippen LogP) is 3.28. The Bertz CT molecular complexity index is 754. The Hall–Kier alpha value is -2.00. The molecule has 1 aromatic heterocycles. The lowest BCUT2D eigenvalue weighted by molar-refractivity contribution is -0.197. The van der Waals surface area contributed by atoms with Gasteiger partial charge in [-0.3, -0.25) is 14.4 Å². The van der Waals surface area contributed by atoms with E-state index in [1.807, 2.05) is 34.6 Å². The van der Waals surface area contributed by atoms with Crippen LogP contribution in [0.4, 0.5) is 5.13 Å². The molecule has 9 heteroatoms. The van der Waals surface area contributed by atoms with Gasteiger partial charge < -0.3 is 19.5 Å². The molecule has 0 aromatic carbocycles. The van der Waals surface area contributed by atoms with Crippen molar-refractivity contribution in [2.45, 2.75) is 66.9 Å². The molecule has 1 aliphatic rings. The lowest BCUT2D eigenvalue weighted by Crippen LogP contribution is -2.55. The van der Waals surface area contributed by atoms with Crippen LogP contribution in [0.15, 0.2) is 6.20 Å². The van der Waals surface area contributed by atoms with Gasteiger partial charge in [0.2, 0.25) is 0 Å². The number of carbonyl (C=O) groups excluding carboxylic acids is 3. The van der Waals surface area contributed by atoms with Gasteiger partial charge in [0.05, 0.1) is 17.2 Å². The summed E-state index contributed by atoms with van der Waals surface area (Å²) >= 11 is 1.23. The Labute approximate surface area is 175 Å². The number of carbonyl (C=O) groups is 3. The SMILES string of the molecule is CC(=O)OCC1O[C@H](Nc2ncc(C(=O)C(C)(C)C)s2)C(OC(C)=O)[C@@H](C)[C@@H]1C. The lowest BCUT2D eigenvalue weighted by atomic mass is 9.83. The highest BCUT2D eigenvalue weighted by molar-refractivity contribution is 7.17. The molecule has 1 saturated heterocycles. The second-order valence-electron chi connectivity index (χ2n) is 8.44. The van der Waals surface area contributed by atoms with Crippen molar-refractivity contribution in [1.82, 2.24) is 4.98 Å². The Morgan fingerprint density at radius 1 is 1.17 bits per heavy atom. The fraction of sp³-hybridized carbons (Fsp3) is 0.700. The summed E-state index contributed by atoms with van der Waals surface area (Å²) in [7, 11) is 0.